The summed E-state index contributed by atoms with van der Waals surface area (Å²) in [6.07, 6.45) is 47.5. The quantitative estimate of drug-likeness (QED) is 0.0302. The van der Waals surface area contributed by atoms with Crippen LogP contribution in [0.4, 0.5) is 0 Å². The van der Waals surface area contributed by atoms with Gasteiger partial charge in [-0.05, 0) is 77.0 Å². The number of hydrogen-bond donors (Lipinski definition) is 1. The third-order valence-corrected chi connectivity index (χ3v) is 8.24. The number of quaternary nitrogens is 1. The standard InChI is InChI=1S/C46H73NO7/c1-6-8-10-12-14-16-18-20-22-23-25-26-28-30-32-34-36-44(48)53-41-42(40-52-39-38-43(46(50)51)47(3,4)5)54-45(49)37-35-33-31-29-27-24-21-19-17-15-13-11-9-7-2/h8-11,14-17,20-22,24-26,30,32,42-43H,6-7,12-13,18-19,23,27-29,31,33-41H2,1-5H3/p+1/b10-8+,11-9+,16-14+,17-15+,22-20+,24-21+,26-25+,32-30+. The highest BCUT2D eigenvalue weighted by molar-refractivity contribution is 5.72. The summed E-state index contributed by atoms with van der Waals surface area (Å²) in [5, 5.41) is 9.60. The van der Waals surface area contributed by atoms with Crippen molar-refractivity contribution >= 4 is 17.9 Å². The van der Waals surface area contributed by atoms with Crippen molar-refractivity contribution in [3.8, 4) is 0 Å². The highest BCUT2D eigenvalue weighted by Crippen LogP contribution is 2.11. The first-order valence-corrected chi connectivity index (χ1v) is 20.3. The van der Waals surface area contributed by atoms with Crippen molar-refractivity contribution in [2.45, 2.75) is 135 Å². The van der Waals surface area contributed by atoms with Crippen LogP contribution in [0.15, 0.2) is 97.2 Å². The number of esters is 2. The zero-order chi connectivity index (χ0) is 40.0. The average molecular weight is 753 g/mol. The Labute approximate surface area is 328 Å². The Morgan fingerprint density at radius 2 is 1.02 bits per heavy atom. The molecule has 0 spiro atoms. The van der Waals surface area contributed by atoms with Gasteiger partial charge in [-0.2, -0.15) is 0 Å². The van der Waals surface area contributed by atoms with Gasteiger partial charge in [0.2, 0.25) is 0 Å². The van der Waals surface area contributed by atoms with Crippen LogP contribution in [-0.4, -0.2) is 80.6 Å². The molecular weight excluding hydrogens is 679 g/mol. The largest absolute Gasteiger partial charge is 0.477 e. The van der Waals surface area contributed by atoms with Gasteiger partial charge in [-0.3, -0.25) is 9.59 Å². The smallest absolute Gasteiger partial charge is 0.362 e. The summed E-state index contributed by atoms with van der Waals surface area (Å²) in [5.74, 6) is -1.62. The molecule has 0 fully saturated rings. The van der Waals surface area contributed by atoms with E-state index in [2.05, 4.69) is 98.9 Å². The Morgan fingerprint density at radius 1 is 0.556 bits per heavy atom. The van der Waals surface area contributed by atoms with Gasteiger partial charge in [0.25, 0.3) is 0 Å². The van der Waals surface area contributed by atoms with Crippen LogP contribution < -0.4 is 0 Å². The van der Waals surface area contributed by atoms with Crippen molar-refractivity contribution in [2.75, 3.05) is 41.0 Å². The number of carbonyl (C=O) groups excluding carboxylic acids is 2. The Balaban J connectivity index is 4.57. The molecule has 0 heterocycles. The summed E-state index contributed by atoms with van der Waals surface area (Å²) in [4.78, 5) is 36.8. The number of carboxylic acid groups (broad SMARTS) is 1. The van der Waals surface area contributed by atoms with E-state index in [4.69, 9.17) is 14.2 Å². The van der Waals surface area contributed by atoms with E-state index in [1.807, 2.05) is 33.3 Å². The summed E-state index contributed by atoms with van der Waals surface area (Å²) >= 11 is 0. The molecule has 8 nitrogen and oxygen atoms in total. The molecule has 0 aromatic carbocycles. The molecule has 1 N–H and O–H groups in total. The lowest BCUT2D eigenvalue weighted by Crippen LogP contribution is -2.50. The van der Waals surface area contributed by atoms with Gasteiger partial charge in [0.05, 0.1) is 34.4 Å². The fourth-order valence-corrected chi connectivity index (χ4v) is 5.15. The minimum Gasteiger partial charge on any atom is -0.477 e. The molecular formula is C46H74NO7+. The summed E-state index contributed by atoms with van der Waals surface area (Å²) < 4.78 is 17.1. The minimum absolute atomic E-state index is 0.0221. The van der Waals surface area contributed by atoms with Crippen molar-refractivity contribution in [3.63, 3.8) is 0 Å². The van der Waals surface area contributed by atoms with Crippen molar-refractivity contribution in [1.82, 2.24) is 0 Å². The summed E-state index contributed by atoms with van der Waals surface area (Å²) in [7, 11) is 5.48. The van der Waals surface area contributed by atoms with E-state index >= 15 is 0 Å². The molecule has 0 aliphatic rings. The Bertz CT molecular complexity index is 1200. The van der Waals surface area contributed by atoms with Crippen LogP contribution in [0.1, 0.15) is 123 Å². The normalized spacial score (nSPS) is 14.0. The van der Waals surface area contributed by atoms with Crippen LogP contribution in [0.5, 0.6) is 0 Å². The summed E-state index contributed by atoms with van der Waals surface area (Å²) in [6.45, 7) is 4.37. The van der Waals surface area contributed by atoms with Crippen LogP contribution in [0.3, 0.4) is 0 Å². The topological polar surface area (TPSA) is 99.1 Å². The molecule has 304 valence electrons. The van der Waals surface area contributed by atoms with Crippen LogP contribution in [0, 0.1) is 0 Å². The van der Waals surface area contributed by atoms with Gasteiger partial charge in [-0.15, -0.1) is 0 Å². The van der Waals surface area contributed by atoms with E-state index in [9.17, 15) is 19.5 Å². The molecule has 0 bridgehead atoms. The first-order chi connectivity index (χ1) is 26.1. The number of allylic oxidation sites excluding steroid dienone is 16. The fraction of sp³-hybridized carbons (Fsp3) is 0.587. The minimum atomic E-state index is -0.894. The lowest BCUT2D eigenvalue weighted by Gasteiger charge is -2.31. The van der Waals surface area contributed by atoms with Crippen LogP contribution in [0.2, 0.25) is 0 Å². The maximum Gasteiger partial charge on any atom is 0.362 e. The molecule has 54 heavy (non-hydrogen) atoms. The number of unbranched alkanes of at least 4 members (excludes halogenated alkanes) is 4. The second-order valence-corrected chi connectivity index (χ2v) is 14.1. The van der Waals surface area contributed by atoms with E-state index < -0.39 is 18.1 Å². The molecule has 0 amide bonds. The van der Waals surface area contributed by atoms with Gasteiger partial charge in [-0.1, -0.05) is 124 Å². The van der Waals surface area contributed by atoms with Gasteiger partial charge in [0.15, 0.2) is 12.1 Å². The van der Waals surface area contributed by atoms with Crippen molar-refractivity contribution in [2.24, 2.45) is 0 Å². The molecule has 2 unspecified atom stereocenters. The van der Waals surface area contributed by atoms with Crippen molar-refractivity contribution in [1.29, 1.82) is 0 Å². The lowest BCUT2D eigenvalue weighted by molar-refractivity contribution is -0.887. The number of likely N-dealkylation sites (N-methyl/N-ethyl adjacent to an activating group) is 1. The third kappa shape index (κ3) is 34.0. The highest BCUT2D eigenvalue weighted by Gasteiger charge is 2.31. The van der Waals surface area contributed by atoms with E-state index in [1.54, 1.807) is 0 Å². The predicted octanol–water partition coefficient (Wildman–Crippen LogP) is 10.7. The fourth-order valence-electron chi connectivity index (χ4n) is 5.15. The first kappa shape index (κ1) is 50.2. The SMILES string of the molecule is CC/C=C/C/C=C/C/C=C/C/C=C/C/C=C/CCC(=O)OCC(COCCC(C(=O)O)[N+](C)(C)C)OC(=O)CCCCCC/C=C/C/C=C/C/C=C/CC. The molecule has 0 aromatic rings. The lowest BCUT2D eigenvalue weighted by atomic mass is 10.1. The number of carbonyl (C=O) groups is 3. The maximum absolute atomic E-state index is 12.7. The molecule has 0 saturated carbocycles. The van der Waals surface area contributed by atoms with Gasteiger partial charge in [0, 0.05) is 19.3 Å². The molecule has 2 atom stereocenters. The molecule has 0 saturated heterocycles. The average Bonchev–Trinajstić information content (AvgIpc) is 3.12. The van der Waals surface area contributed by atoms with Gasteiger partial charge >= 0.3 is 17.9 Å². The predicted molar refractivity (Wildman–Crippen MR) is 224 cm³/mol. The second-order valence-electron chi connectivity index (χ2n) is 14.1. The number of hydrogen-bond acceptors (Lipinski definition) is 6. The zero-order valence-corrected chi connectivity index (χ0v) is 34.4. The number of nitrogens with zero attached hydrogens (tertiary/aromatic N) is 1. The van der Waals surface area contributed by atoms with E-state index in [0.717, 1.165) is 83.5 Å². The number of ether oxygens (including phenoxy) is 3. The number of aliphatic carboxylic acids is 1. The molecule has 0 rings (SSSR count). The highest BCUT2D eigenvalue weighted by atomic mass is 16.6. The summed E-state index contributed by atoms with van der Waals surface area (Å²) in [5.41, 5.74) is 0. The van der Waals surface area contributed by atoms with Crippen LogP contribution in [0.25, 0.3) is 0 Å². The van der Waals surface area contributed by atoms with Crippen LogP contribution in [-0.2, 0) is 28.6 Å². The van der Waals surface area contributed by atoms with Gasteiger partial charge in [0.1, 0.15) is 6.61 Å². The van der Waals surface area contributed by atoms with E-state index in [1.165, 1.54) is 0 Å². The Morgan fingerprint density at radius 3 is 1.50 bits per heavy atom. The second kappa shape index (κ2) is 36.2. The first-order valence-electron chi connectivity index (χ1n) is 20.3. The van der Waals surface area contributed by atoms with Crippen molar-refractivity contribution < 1.29 is 38.2 Å². The monoisotopic (exact) mass is 753 g/mol. The molecule has 0 aliphatic carbocycles. The van der Waals surface area contributed by atoms with E-state index in [-0.39, 0.29) is 49.1 Å². The summed E-state index contributed by atoms with van der Waals surface area (Å²) in [6, 6.07) is -0.634. The number of carboxylic acids is 1. The maximum atomic E-state index is 12.7. The molecule has 0 radical (unpaired) electrons. The van der Waals surface area contributed by atoms with E-state index in [0.29, 0.717) is 12.8 Å². The molecule has 0 aromatic heterocycles. The molecule has 0 aliphatic heterocycles. The zero-order valence-electron chi connectivity index (χ0n) is 34.4. The molecule has 8 heteroatoms. The van der Waals surface area contributed by atoms with Gasteiger partial charge in [-0.25, -0.2) is 4.79 Å². The van der Waals surface area contributed by atoms with Crippen LogP contribution >= 0.6 is 0 Å². The number of rotatable bonds is 34. The van der Waals surface area contributed by atoms with Gasteiger partial charge < -0.3 is 23.8 Å². The Kier molecular flexibility index (Phi) is 33.7. The third-order valence-electron chi connectivity index (χ3n) is 8.24. The van der Waals surface area contributed by atoms with Crippen molar-refractivity contribution in [3.05, 3.63) is 97.2 Å². The Hall–Kier alpha value is -3.75.